The van der Waals surface area contributed by atoms with Gasteiger partial charge in [0, 0.05) is 0 Å². The minimum Gasteiger partial charge on any atom is -0.464 e. The molecule has 0 bridgehead atoms. The van der Waals surface area contributed by atoms with Gasteiger partial charge < -0.3 is 13.6 Å². The topological polar surface area (TPSA) is 89.9 Å². The zero-order valence-electron chi connectivity index (χ0n) is 9.62. The zero-order chi connectivity index (χ0) is 12.8. The van der Waals surface area contributed by atoms with Crippen molar-refractivity contribution in [3.8, 4) is 5.95 Å². The van der Waals surface area contributed by atoms with Gasteiger partial charge in [-0.3, -0.25) is 4.79 Å². The van der Waals surface area contributed by atoms with E-state index >= 15 is 0 Å². The Hall–Kier alpha value is -2.57. The summed E-state index contributed by atoms with van der Waals surface area (Å²) in [6.07, 6.45) is 4.20. The Morgan fingerprint density at radius 1 is 1.67 bits per heavy atom. The fraction of sp³-hybridized carbons (Fsp3) is 0.182. The standard InChI is InChI=1S/C11H11N3O4/c1-2-16-9-7-12-11(18-9)10(15)14-13-6-8-4-3-5-17-8/h3-7H,2H2,1H3,(H,14,15)/b13-6+. The first-order valence-corrected chi connectivity index (χ1v) is 5.25. The molecule has 2 rings (SSSR count). The highest BCUT2D eigenvalue weighted by Crippen LogP contribution is 2.11. The molecule has 94 valence electrons. The number of nitrogens with one attached hydrogen (secondary N) is 1. The van der Waals surface area contributed by atoms with Crippen LogP contribution in [0.2, 0.25) is 0 Å². The number of hydrazone groups is 1. The van der Waals surface area contributed by atoms with E-state index in [1.165, 1.54) is 18.7 Å². The summed E-state index contributed by atoms with van der Waals surface area (Å²) in [7, 11) is 0. The van der Waals surface area contributed by atoms with E-state index in [2.05, 4.69) is 15.5 Å². The predicted molar refractivity (Wildman–Crippen MR) is 61.4 cm³/mol. The first kappa shape index (κ1) is 11.9. The molecule has 0 spiro atoms. The van der Waals surface area contributed by atoms with Crippen molar-refractivity contribution in [3.63, 3.8) is 0 Å². The minimum absolute atomic E-state index is 0.116. The highest BCUT2D eigenvalue weighted by molar-refractivity contribution is 5.90. The minimum atomic E-state index is -0.566. The van der Waals surface area contributed by atoms with Crippen LogP contribution in [0, 0.1) is 0 Å². The highest BCUT2D eigenvalue weighted by atomic mass is 16.6. The Bertz CT molecular complexity index is 530. The van der Waals surface area contributed by atoms with E-state index in [0.717, 1.165) is 0 Å². The molecule has 0 aliphatic carbocycles. The number of furan rings is 1. The summed E-state index contributed by atoms with van der Waals surface area (Å²) in [5.74, 6) is 0.0363. The number of ether oxygens (including phenoxy) is 1. The summed E-state index contributed by atoms with van der Waals surface area (Å²) in [5, 5.41) is 3.69. The van der Waals surface area contributed by atoms with Crippen molar-refractivity contribution in [1.82, 2.24) is 10.4 Å². The van der Waals surface area contributed by atoms with E-state index in [1.54, 1.807) is 19.1 Å². The van der Waals surface area contributed by atoms with Gasteiger partial charge >= 0.3 is 11.9 Å². The zero-order valence-corrected chi connectivity index (χ0v) is 9.62. The maximum Gasteiger partial charge on any atom is 0.327 e. The summed E-state index contributed by atoms with van der Waals surface area (Å²) < 4.78 is 15.1. The van der Waals surface area contributed by atoms with Crippen LogP contribution in [0.25, 0.3) is 0 Å². The number of oxazole rings is 1. The molecule has 2 heterocycles. The molecule has 2 aromatic heterocycles. The molecular weight excluding hydrogens is 238 g/mol. The van der Waals surface area contributed by atoms with E-state index < -0.39 is 5.91 Å². The molecule has 0 saturated carbocycles. The van der Waals surface area contributed by atoms with Gasteiger partial charge in [-0.15, -0.1) is 0 Å². The molecule has 2 aromatic rings. The first-order valence-electron chi connectivity index (χ1n) is 5.25. The van der Waals surface area contributed by atoms with E-state index in [1.807, 2.05) is 0 Å². The number of rotatable bonds is 5. The van der Waals surface area contributed by atoms with Crippen LogP contribution in [0.5, 0.6) is 5.95 Å². The van der Waals surface area contributed by atoms with E-state index in [4.69, 9.17) is 13.6 Å². The van der Waals surface area contributed by atoms with Crippen molar-refractivity contribution in [3.05, 3.63) is 36.2 Å². The van der Waals surface area contributed by atoms with E-state index in [9.17, 15) is 4.79 Å². The lowest BCUT2D eigenvalue weighted by molar-refractivity contribution is 0.0912. The molecule has 0 unspecified atom stereocenters. The number of amides is 1. The van der Waals surface area contributed by atoms with Gasteiger partial charge in [0.15, 0.2) is 0 Å². The normalized spacial score (nSPS) is 10.7. The molecule has 0 aromatic carbocycles. The number of carbonyl (C=O) groups is 1. The lowest BCUT2D eigenvalue weighted by atomic mass is 10.5. The molecule has 0 radical (unpaired) electrons. The van der Waals surface area contributed by atoms with Gasteiger partial charge in [-0.05, 0) is 19.1 Å². The molecule has 0 aliphatic rings. The van der Waals surface area contributed by atoms with Crippen LogP contribution in [0.4, 0.5) is 0 Å². The van der Waals surface area contributed by atoms with Crippen molar-refractivity contribution in [2.75, 3.05) is 6.61 Å². The molecular formula is C11H11N3O4. The molecule has 1 N–H and O–H groups in total. The van der Waals surface area contributed by atoms with Crippen LogP contribution in [0.1, 0.15) is 23.4 Å². The van der Waals surface area contributed by atoms with Gasteiger partial charge in [-0.1, -0.05) is 0 Å². The largest absolute Gasteiger partial charge is 0.464 e. The second kappa shape index (κ2) is 5.67. The van der Waals surface area contributed by atoms with Crippen LogP contribution in [-0.4, -0.2) is 23.7 Å². The van der Waals surface area contributed by atoms with Crippen LogP contribution in [0.15, 0.2) is 38.5 Å². The molecule has 18 heavy (non-hydrogen) atoms. The molecule has 0 fully saturated rings. The van der Waals surface area contributed by atoms with Crippen molar-refractivity contribution in [1.29, 1.82) is 0 Å². The summed E-state index contributed by atoms with van der Waals surface area (Å²) >= 11 is 0. The van der Waals surface area contributed by atoms with Gasteiger partial charge in [-0.2, -0.15) is 5.10 Å². The fourth-order valence-corrected chi connectivity index (χ4v) is 1.14. The third-order valence-electron chi connectivity index (χ3n) is 1.87. The summed E-state index contributed by atoms with van der Waals surface area (Å²) in [6.45, 7) is 2.24. The number of hydrogen-bond acceptors (Lipinski definition) is 6. The molecule has 0 atom stereocenters. The Kier molecular flexibility index (Phi) is 3.75. The lowest BCUT2D eigenvalue weighted by Gasteiger charge is -1.95. The summed E-state index contributed by atoms with van der Waals surface area (Å²) in [5.41, 5.74) is 2.25. The van der Waals surface area contributed by atoms with Crippen molar-refractivity contribution in [2.24, 2.45) is 5.10 Å². The predicted octanol–water partition coefficient (Wildman–Crippen LogP) is 1.43. The summed E-state index contributed by atoms with van der Waals surface area (Å²) in [6, 6.07) is 3.42. The monoisotopic (exact) mass is 249 g/mol. The van der Waals surface area contributed by atoms with Gasteiger partial charge in [0.05, 0.1) is 19.1 Å². The number of carbonyl (C=O) groups excluding carboxylic acids is 1. The second-order valence-electron chi connectivity index (χ2n) is 3.13. The lowest BCUT2D eigenvalue weighted by Crippen LogP contribution is -2.17. The number of aromatic nitrogens is 1. The molecule has 7 heteroatoms. The van der Waals surface area contributed by atoms with Gasteiger partial charge in [0.1, 0.15) is 12.0 Å². The average Bonchev–Trinajstić information content (AvgIpc) is 3.00. The fourth-order valence-electron chi connectivity index (χ4n) is 1.14. The molecule has 0 aliphatic heterocycles. The van der Waals surface area contributed by atoms with Crippen molar-refractivity contribution >= 4 is 12.1 Å². The van der Waals surface area contributed by atoms with E-state index in [-0.39, 0.29) is 11.8 Å². The average molecular weight is 249 g/mol. The first-order chi connectivity index (χ1) is 8.79. The maximum absolute atomic E-state index is 11.5. The van der Waals surface area contributed by atoms with Crippen LogP contribution in [-0.2, 0) is 0 Å². The maximum atomic E-state index is 11.5. The smallest absolute Gasteiger partial charge is 0.327 e. The third kappa shape index (κ3) is 2.97. The van der Waals surface area contributed by atoms with Crippen LogP contribution >= 0.6 is 0 Å². The third-order valence-corrected chi connectivity index (χ3v) is 1.87. The summed E-state index contributed by atoms with van der Waals surface area (Å²) in [4.78, 5) is 15.3. The van der Waals surface area contributed by atoms with Crippen molar-refractivity contribution < 1.29 is 18.4 Å². The Labute approximate surface area is 102 Å². The second-order valence-corrected chi connectivity index (χ2v) is 3.13. The van der Waals surface area contributed by atoms with Gasteiger partial charge in [-0.25, -0.2) is 10.4 Å². The van der Waals surface area contributed by atoms with E-state index in [0.29, 0.717) is 12.4 Å². The SMILES string of the molecule is CCOc1cnc(C(=O)N/N=C/c2ccco2)o1. The molecule has 7 nitrogen and oxygen atoms in total. The molecule has 1 amide bonds. The quantitative estimate of drug-likeness (QED) is 0.639. The Morgan fingerprint density at radius 2 is 2.56 bits per heavy atom. The number of hydrogen-bond donors (Lipinski definition) is 1. The Balaban J connectivity index is 1.91. The van der Waals surface area contributed by atoms with Crippen LogP contribution < -0.4 is 10.2 Å². The highest BCUT2D eigenvalue weighted by Gasteiger charge is 2.12. The van der Waals surface area contributed by atoms with Gasteiger partial charge in [0.25, 0.3) is 5.89 Å². The van der Waals surface area contributed by atoms with Gasteiger partial charge in [0.2, 0.25) is 0 Å². The Morgan fingerprint density at radius 3 is 3.28 bits per heavy atom. The molecule has 0 saturated heterocycles. The van der Waals surface area contributed by atoms with Crippen molar-refractivity contribution in [2.45, 2.75) is 6.92 Å². The number of nitrogens with zero attached hydrogens (tertiary/aromatic N) is 2. The van der Waals surface area contributed by atoms with Crippen LogP contribution in [0.3, 0.4) is 0 Å².